The largest absolute Gasteiger partial charge is 0.465 e. The number of rotatable bonds is 16. The quantitative estimate of drug-likeness (QED) is 0.154. The normalized spacial score (nSPS) is 19.2. The van der Waals surface area contributed by atoms with Gasteiger partial charge in [-0.3, -0.25) is 0 Å². The first-order chi connectivity index (χ1) is 25.3. The monoisotopic (exact) mass is 910 g/mol. The van der Waals surface area contributed by atoms with E-state index in [4.69, 9.17) is 9.47 Å². The summed E-state index contributed by atoms with van der Waals surface area (Å²) >= 11 is 0. The standard InChI is InChI=1S/C30H24F26O2/c1-17(2)14-57-16(9-8-15-6-4-3-5-7-15)58-18(17,10-12-19(31,32)21(35,36)23(39,40)25(43,44)27(47,48)29(51,52)53)11-13-20(33,34)22(37,38)24(41,42)26(45,46)28(49,50)30(54,55)56/h3-7,9H,8,10-14H2,1-2H3/b16-9-. The molecule has 338 valence electrons. The van der Waals surface area contributed by atoms with Crippen LogP contribution in [0.4, 0.5) is 114 Å². The Labute approximate surface area is 307 Å². The van der Waals surface area contributed by atoms with E-state index in [0.717, 1.165) is 0 Å². The molecule has 0 radical (unpaired) electrons. The van der Waals surface area contributed by atoms with Crippen LogP contribution in [0.5, 0.6) is 0 Å². The minimum absolute atomic E-state index is 0.243. The lowest BCUT2D eigenvalue weighted by molar-refractivity contribution is -0.441. The Morgan fingerprint density at radius 1 is 0.483 bits per heavy atom. The predicted molar refractivity (Wildman–Crippen MR) is 142 cm³/mol. The molecular formula is C30H24F26O2. The number of hydrogen-bond donors (Lipinski definition) is 0. The minimum Gasteiger partial charge on any atom is -0.465 e. The summed E-state index contributed by atoms with van der Waals surface area (Å²) in [5, 5.41) is 0. The zero-order valence-corrected chi connectivity index (χ0v) is 28.4. The van der Waals surface area contributed by atoms with E-state index in [1.807, 2.05) is 0 Å². The van der Waals surface area contributed by atoms with Gasteiger partial charge in [-0.2, -0.15) is 114 Å². The van der Waals surface area contributed by atoms with Crippen LogP contribution in [0.1, 0.15) is 45.1 Å². The van der Waals surface area contributed by atoms with Crippen LogP contribution in [0.2, 0.25) is 0 Å². The van der Waals surface area contributed by atoms with E-state index in [1.54, 1.807) is 0 Å². The molecule has 58 heavy (non-hydrogen) atoms. The second-order valence-electron chi connectivity index (χ2n) is 13.5. The Hall–Kier alpha value is -3.26. The summed E-state index contributed by atoms with van der Waals surface area (Å²) in [4.78, 5) is 0. The highest BCUT2D eigenvalue weighted by Gasteiger charge is 2.92. The van der Waals surface area contributed by atoms with Gasteiger partial charge in [-0.15, -0.1) is 0 Å². The lowest BCUT2D eigenvalue weighted by Crippen LogP contribution is -2.70. The van der Waals surface area contributed by atoms with Crippen LogP contribution >= 0.6 is 0 Å². The van der Waals surface area contributed by atoms with Crippen LogP contribution < -0.4 is 0 Å². The number of hydrogen-bond acceptors (Lipinski definition) is 2. The van der Waals surface area contributed by atoms with Crippen molar-refractivity contribution in [2.24, 2.45) is 5.41 Å². The molecule has 1 aromatic carbocycles. The number of alkyl halides is 26. The van der Waals surface area contributed by atoms with Gasteiger partial charge in [0.25, 0.3) is 5.95 Å². The molecule has 0 spiro atoms. The molecule has 2 nitrogen and oxygen atoms in total. The van der Waals surface area contributed by atoms with Crippen LogP contribution in [0.3, 0.4) is 0 Å². The van der Waals surface area contributed by atoms with E-state index in [2.05, 4.69) is 0 Å². The van der Waals surface area contributed by atoms with Crippen LogP contribution in [-0.4, -0.2) is 83.8 Å². The molecule has 1 aliphatic rings. The Morgan fingerprint density at radius 2 is 0.810 bits per heavy atom. The van der Waals surface area contributed by atoms with Gasteiger partial charge in [-0.05, 0) is 24.8 Å². The molecule has 0 aromatic heterocycles. The Bertz CT molecular complexity index is 1530. The second-order valence-corrected chi connectivity index (χ2v) is 13.5. The molecule has 0 bridgehead atoms. The molecule has 0 saturated carbocycles. The number of allylic oxidation sites excluding steroid dienone is 1. The highest BCUT2D eigenvalue weighted by Crippen LogP contribution is 2.64. The van der Waals surface area contributed by atoms with Crippen molar-refractivity contribution in [2.75, 3.05) is 6.61 Å². The van der Waals surface area contributed by atoms with Crippen molar-refractivity contribution in [1.29, 1.82) is 0 Å². The van der Waals surface area contributed by atoms with Gasteiger partial charge in [-0.25, -0.2) is 0 Å². The maximum Gasteiger partial charge on any atom is 0.460 e. The fraction of sp³-hybridized carbons (Fsp3) is 0.733. The predicted octanol–water partition coefficient (Wildman–Crippen LogP) is 12.9. The van der Waals surface area contributed by atoms with Gasteiger partial charge >= 0.3 is 71.6 Å². The van der Waals surface area contributed by atoms with Crippen LogP contribution in [-0.2, 0) is 15.9 Å². The first-order valence-corrected chi connectivity index (χ1v) is 15.3. The fourth-order valence-electron chi connectivity index (χ4n) is 5.20. The molecule has 1 heterocycles. The Morgan fingerprint density at radius 3 is 1.14 bits per heavy atom. The summed E-state index contributed by atoms with van der Waals surface area (Å²) in [5.41, 5.74) is -5.86. The molecule has 0 aliphatic carbocycles. The highest BCUT2D eigenvalue weighted by molar-refractivity contribution is 5.19. The first-order valence-electron chi connectivity index (χ1n) is 15.3. The number of halogens is 26. The maximum atomic E-state index is 14.9. The van der Waals surface area contributed by atoms with Gasteiger partial charge in [0.1, 0.15) is 12.2 Å². The van der Waals surface area contributed by atoms with Crippen LogP contribution in [0.15, 0.2) is 42.4 Å². The van der Waals surface area contributed by atoms with E-state index in [-0.39, 0.29) is 5.56 Å². The number of benzene rings is 1. The van der Waals surface area contributed by atoms with Crippen molar-refractivity contribution in [3.63, 3.8) is 0 Å². The summed E-state index contributed by atoms with van der Waals surface area (Å²) in [6.07, 6.45) is -26.8. The second kappa shape index (κ2) is 14.7. The van der Waals surface area contributed by atoms with Crippen molar-refractivity contribution >= 4 is 0 Å². The molecule has 1 saturated heterocycles. The van der Waals surface area contributed by atoms with Crippen molar-refractivity contribution in [3.8, 4) is 0 Å². The third-order valence-electron chi connectivity index (χ3n) is 9.13. The summed E-state index contributed by atoms with van der Waals surface area (Å²) in [6, 6.07) is 6.79. The molecule has 1 fully saturated rings. The minimum atomic E-state index is -8.41. The number of ether oxygens (including phenoxy) is 2. The molecule has 1 aliphatic heterocycles. The molecule has 0 N–H and O–H groups in total. The molecular weight excluding hydrogens is 886 g/mol. The molecule has 28 heteroatoms. The van der Waals surface area contributed by atoms with E-state index in [0.29, 0.717) is 19.9 Å². The van der Waals surface area contributed by atoms with Crippen molar-refractivity contribution in [1.82, 2.24) is 0 Å². The summed E-state index contributed by atoms with van der Waals surface area (Å²) < 4.78 is 368. The van der Waals surface area contributed by atoms with Gasteiger partial charge in [0.2, 0.25) is 0 Å². The van der Waals surface area contributed by atoms with Gasteiger partial charge in [0.05, 0.1) is 0 Å². The fourth-order valence-corrected chi connectivity index (χ4v) is 5.20. The summed E-state index contributed by atoms with van der Waals surface area (Å²) in [7, 11) is 0. The van der Waals surface area contributed by atoms with Crippen molar-refractivity contribution in [2.45, 2.75) is 123 Å². The van der Waals surface area contributed by atoms with Gasteiger partial charge in [0.15, 0.2) is 0 Å². The van der Waals surface area contributed by atoms with Gasteiger partial charge in [0, 0.05) is 24.3 Å². The van der Waals surface area contributed by atoms with E-state index in [9.17, 15) is 114 Å². The van der Waals surface area contributed by atoms with Gasteiger partial charge < -0.3 is 9.47 Å². The first kappa shape index (κ1) is 50.9. The molecule has 2 rings (SSSR count). The zero-order valence-electron chi connectivity index (χ0n) is 28.4. The molecule has 1 aromatic rings. The Kier molecular flexibility index (Phi) is 12.9. The Balaban J connectivity index is 2.73. The summed E-state index contributed by atoms with van der Waals surface area (Å²) in [5.74, 6) is -81.1. The SMILES string of the molecule is CC1(C)CO/C(=C/Cc2ccccc2)OC1(CCC(F)(F)C(F)(F)C(F)(F)C(F)(F)C(F)(F)C(F)(F)F)CCC(F)(F)C(F)(F)C(F)(F)C(F)(F)C(F)(F)C(F)(F)F. The highest BCUT2D eigenvalue weighted by atomic mass is 19.4. The third-order valence-corrected chi connectivity index (χ3v) is 9.13. The van der Waals surface area contributed by atoms with Crippen LogP contribution in [0.25, 0.3) is 0 Å². The topological polar surface area (TPSA) is 18.5 Å². The zero-order chi connectivity index (χ0) is 46.1. The smallest absolute Gasteiger partial charge is 0.460 e. The van der Waals surface area contributed by atoms with Crippen molar-refractivity contribution in [3.05, 3.63) is 47.9 Å². The average molecular weight is 910 g/mol. The molecule has 0 amide bonds. The van der Waals surface area contributed by atoms with E-state index >= 15 is 0 Å². The van der Waals surface area contributed by atoms with Crippen LogP contribution in [0, 0.1) is 5.41 Å². The van der Waals surface area contributed by atoms with E-state index in [1.165, 1.54) is 30.3 Å². The lowest BCUT2D eigenvalue weighted by Gasteiger charge is -2.51. The van der Waals surface area contributed by atoms with E-state index < -0.39 is 127 Å². The van der Waals surface area contributed by atoms with Gasteiger partial charge in [-0.1, -0.05) is 44.2 Å². The third kappa shape index (κ3) is 7.89. The molecule has 0 unspecified atom stereocenters. The molecule has 0 atom stereocenters. The lowest BCUT2D eigenvalue weighted by atomic mass is 9.68. The maximum absolute atomic E-state index is 14.9. The average Bonchev–Trinajstić information content (AvgIpc) is 3.05. The van der Waals surface area contributed by atoms with Crippen molar-refractivity contribution < 1.29 is 124 Å². The summed E-state index contributed by atoms with van der Waals surface area (Å²) in [6.45, 7) is -0.0741.